The smallest absolute Gasteiger partial charge is 0.0131 e. The Kier molecular flexibility index (Phi) is 0.976. The van der Waals surface area contributed by atoms with Crippen LogP contribution in [0.1, 0.15) is 32.6 Å². The van der Waals surface area contributed by atoms with E-state index in [2.05, 4.69) is 6.92 Å². The summed E-state index contributed by atoms with van der Waals surface area (Å²) in [7, 11) is 0. The van der Waals surface area contributed by atoms with Gasteiger partial charge < -0.3 is 5.73 Å². The van der Waals surface area contributed by atoms with Crippen molar-refractivity contribution in [1.82, 2.24) is 0 Å². The molecule has 3 aliphatic rings. The van der Waals surface area contributed by atoms with E-state index in [1.165, 1.54) is 25.7 Å². The summed E-state index contributed by atoms with van der Waals surface area (Å²) in [6.45, 7) is 2.24. The Morgan fingerprint density at radius 1 is 1.09 bits per heavy atom. The minimum absolute atomic E-state index is 0.192. The third-order valence-electron chi connectivity index (χ3n) is 4.30. The molecule has 0 radical (unpaired) electrons. The topological polar surface area (TPSA) is 26.0 Å². The zero-order valence-corrected chi connectivity index (χ0v) is 7.22. The maximum absolute atomic E-state index is 6.18. The fraction of sp³-hybridized carbons (Fsp3) is 1.00. The Bertz CT molecular complexity index is 179. The summed E-state index contributed by atoms with van der Waals surface area (Å²) in [6.07, 6.45) is 5.64. The van der Waals surface area contributed by atoms with Crippen molar-refractivity contribution >= 4 is 0 Å². The lowest BCUT2D eigenvalue weighted by molar-refractivity contribution is -0.139. The lowest BCUT2D eigenvalue weighted by atomic mass is 9.41. The summed E-state index contributed by atoms with van der Waals surface area (Å²) in [5.74, 6) is 4.33. The van der Waals surface area contributed by atoms with Crippen LogP contribution in [0.25, 0.3) is 0 Å². The zero-order chi connectivity index (χ0) is 7.64. The van der Waals surface area contributed by atoms with Gasteiger partial charge in [0.15, 0.2) is 0 Å². The lowest BCUT2D eigenvalue weighted by Gasteiger charge is -2.65. The van der Waals surface area contributed by atoms with Gasteiger partial charge in [0.25, 0.3) is 0 Å². The van der Waals surface area contributed by atoms with Crippen LogP contribution in [0.15, 0.2) is 0 Å². The summed E-state index contributed by atoms with van der Waals surface area (Å²) in [5, 5.41) is 0. The Balaban J connectivity index is 1.82. The molecule has 2 N–H and O–H groups in total. The van der Waals surface area contributed by atoms with Crippen molar-refractivity contribution in [3.8, 4) is 0 Å². The molecule has 11 heavy (non-hydrogen) atoms. The van der Waals surface area contributed by atoms with Crippen LogP contribution in [-0.4, -0.2) is 5.54 Å². The average Bonchev–Trinajstić information content (AvgIpc) is 1.77. The zero-order valence-electron chi connectivity index (χ0n) is 7.22. The SMILES string of the molecule is CC1(N)CC2CC3CC(C1)C32. The van der Waals surface area contributed by atoms with E-state index in [1.54, 1.807) is 0 Å². The largest absolute Gasteiger partial charge is 0.325 e. The van der Waals surface area contributed by atoms with E-state index in [1.807, 2.05) is 0 Å². The van der Waals surface area contributed by atoms with Gasteiger partial charge in [-0.2, -0.15) is 0 Å². The van der Waals surface area contributed by atoms with E-state index in [0.717, 1.165) is 23.7 Å². The van der Waals surface area contributed by atoms with Crippen molar-refractivity contribution in [2.24, 2.45) is 29.4 Å². The van der Waals surface area contributed by atoms with E-state index in [4.69, 9.17) is 5.73 Å². The average molecular weight is 151 g/mol. The van der Waals surface area contributed by atoms with Crippen LogP contribution in [0.3, 0.4) is 0 Å². The van der Waals surface area contributed by atoms with E-state index < -0.39 is 0 Å². The van der Waals surface area contributed by atoms with Gasteiger partial charge in [-0.1, -0.05) is 0 Å². The highest BCUT2D eigenvalue weighted by molar-refractivity contribution is 5.09. The Labute approximate surface area is 68.3 Å². The van der Waals surface area contributed by atoms with Crippen LogP contribution in [0.2, 0.25) is 0 Å². The van der Waals surface area contributed by atoms with Crippen molar-refractivity contribution in [2.45, 2.75) is 38.1 Å². The molecule has 0 aromatic heterocycles. The highest BCUT2D eigenvalue weighted by Gasteiger charge is 2.58. The monoisotopic (exact) mass is 151 g/mol. The molecule has 0 aliphatic heterocycles. The maximum atomic E-state index is 6.18. The van der Waals surface area contributed by atoms with E-state index >= 15 is 0 Å². The molecule has 1 heteroatoms. The molecule has 3 saturated carbocycles. The number of hydrogen-bond acceptors (Lipinski definition) is 1. The highest BCUT2D eigenvalue weighted by Crippen LogP contribution is 2.64. The van der Waals surface area contributed by atoms with Crippen LogP contribution >= 0.6 is 0 Å². The van der Waals surface area contributed by atoms with Crippen LogP contribution in [0.5, 0.6) is 0 Å². The van der Waals surface area contributed by atoms with Gasteiger partial charge in [-0.15, -0.1) is 0 Å². The minimum Gasteiger partial charge on any atom is -0.325 e. The second-order valence-electron chi connectivity index (χ2n) is 5.39. The van der Waals surface area contributed by atoms with Gasteiger partial charge in [-0.3, -0.25) is 0 Å². The van der Waals surface area contributed by atoms with Crippen molar-refractivity contribution in [3.63, 3.8) is 0 Å². The van der Waals surface area contributed by atoms with Gasteiger partial charge >= 0.3 is 0 Å². The standard InChI is InChI=1S/C10H17N/c1-10(11)4-7-2-6-3-8(5-10)9(6)7/h6-9H,2-5,11H2,1H3. The van der Waals surface area contributed by atoms with E-state index in [9.17, 15) is 0 Å². The van der Waals surface area contributed by atoms with Gasteiger partial charge in [0, 0.05) is 5.54 Å². The van der Waals surface area contributed by atoms with Gasteiger partial charge in [-0.05, 0) is 56.3 Å². The van der Waals surface area contributed by atoms with Gasteiger partial charge in [0.1, 0.15) is 0 Å². The molecule has 3 fully saturated rings. The molecular weight excluding hydrogens is 134 g/mol. The Hall–Kier alpha value is -0.0400. The maximum Gasteiger partial charge on any atom is 0.0131 e. The predicted molar refractivity (Wildman–Crippen MR) is 45.0 cm³/mol. The normalized spacial score (nSPS) is 66.0. The second kappa shape index (κ2) is 1.66. The third kappa shape index (κ3) is 0.703. The lowest BCUT2D eigenvalue weighted by Crippen LogP contribution is -2.61. The van der Waals surface area contributed by atoms with Crippen LogP contribution in [0.4, 0.5) is 0 Å². The molecule has 0 aromatic rings. The molecule has 62 valence electrons. The fourth-order valence-corrected chi connectivity index (χ4v) is 3.99. The number of nitrogens with two attached hydrogens (primary N) is 1. The molecule has 3 rings (SSSR count). The highest BCUT2D eigenvalue weighted by atomic mass is 14.8. The minimum atomic E-state index is 0.192. The summed E-state index contributed by atoms with van der Waals surface area (Å²) in [5.41, 5.74) is 6.37. The predicted octanol–water partition coefficient (Wildman–Crippen LogP) is 1.77. The molecule has 0 amide bonds. The summed E-state index contributed by atoms with van der Waals surface area (Å²) < 4.78 is 0. The van der Waals surface area contributed by atoms with Gasteiger partial charge in [0.05, 0.1) is 0 Å². The molecule has 2 atom stereocenters. The van der Waals surface area contributed by atoms with E-state index in [0.29, 0.717) is 0 Å². The molecule has 0 spiro atoms. The second-order valence-corrected chi connectivity index (χ2v) is 5.39. The molecule has 0 aromatic carbocycles. The third-order valence-corrected chi connectivity index (χ3v) is 4.30. The Morgan fingerprint density at radius 3 is 2.09 bits per heavy atom. The Morgan fingerprint density at radius 2 is 1.64 bits per heavy atom. The number of hydrogen-bond donors (Lipinski definition) is 1. The first-order valence-corrected chi connectivity index (χ1v) is 4.95. The van der Waals surface area contributed by atoms with Crippen molar-refractivity contribution in [3.05, 3.63) is 0 Å². The molecule has 2 unspecified atom stereocenters. The quantitative estimate of drug-likeness (QED) is 0.561. The molecule has 0 heterocycles. The van der Waals surface area contributed by atoms with Crippen molar-refractivity contribution < 1.29 is 0 Å². The van der Waals surface area contributed by atoms with Crippen molar-refractivity contribution in [2.75, 3.05) is 0 Å². The van der Waals surface area contributed by atoms with E-state index in [-0.39, 0.29) is 5.54 Å². The first-order chi connectivity index (χ1) is 5.16. The molecule has 1 nitrogen and oxygen atoms in total. The van der Waals surface area contributed by atoms with Gasteiger partial charge in [0.2, 0.25) is 0 Å². The first kappa shape index (κ1) is 6.47. The first-order valence-electron chi connectivity index (χ1n) is 4.95. The van der Waals surface area contributed by atoms with Crippen LogP contribution < -0.4 is 5.73 Å². The summed E-state index contributed by atoms with van der Waals surface area (Å²) >= 11 is 0. The molecular formula is C10H17N. The van der Waals surface area contributed by atoms with Gasteiger partial charge in [-0.25, -0.2) is 0 Å². The molecule has 3 aliphatic carbocycles. The van der Waals surface area contributed by atoms with Crippen molar-refractivity contribution in [1.29, 1.82) is 0 Å². The number of rotatable bonds is 0. The fourth-order valence-electron chi connectivity index (χ4n) is 3.99. The van der Waals surface area contributed by atoms with Crippen LogP contribution in [0, 0.1) is 23.7 Å². The molecule has 0 bridgehead atoms. The summed E-state index contributed by atoms with van der Waals surface area (Å²) in [4.78, 5) is 0. The summed E-state index contributed by atoms with van der Waals surface area (Å²) in [6, 6.07) is 0. The van der Waals surface area contributed by atoms with Crippen LogP contribution in [-0.2, 0) is 0 Å². The molecule has 0 saturated heterocycles.